The van der Waals surface area contributed by atoms with Crippen LogP contribution in [0.1, 0.15) is 57.2 Å². The molecule has 8 nitrogen and oxygen atoms in total. The molecule has 164 valence electrons. The number of carbonyl (C=O) groups excluding carboxylic acids is 2. The molecule has 2 aliphatic rings. The van der Waals surface area contributed by atoms with Crippen molar-refractivity contribution >= 4 is 29.4 Å². The largest absolute Gasteiger partial charge is 0.463 e. The molecule has 0 aromatic carbocycles. The second kappa shape index (κ2) is 9.78. The molecule has 1 aromatic heterocycles. The summed E-state index contributed by atoms with van der Waals surface area (Å²) in [6, 6.07) is 0.217. The molecule has 1 saturated carbocycles. The average Bonchev–Trinajstić information content (AvgIpc) is 2.72. The van der Waals surface area contributed by atoms with Gasteiger partial charge < -0.3 is 9.47 Å². The lowest BCUT2D eigenvalue weighted by atomic mass is 9.95. The van der Waals surface area contributed by atoms with Gasteiger partial charge in [0, 0.05) is 17.3 Å². The van der Waals surface area contributed by atoms with Gasteiger partial charge >= 0.3 is 11.9 Å². The minimum Gasteiger partial charge on any atom is -0.463 e. The fraction of sp³-hybridized carbons (Fsp3) is 0.619. The summed E-state index contributed by atoms with van der Waals surface area (Å²) in [7, 11) is 0. The van der Waals surface area contributed by atoms with E-state index in [4.69, 9.17) is 9.47 Å². The lowest BCUT2D eigenvalue weighted by Gasteiger charge is -2.34. The molecule has 0 radical (unpaired) electrons. The zero-order valence-electron chi connectivity index (χ0n) is 17.9. The number of rotatable bonds is 6. The van der Waals surface area contributed by atoms with Gasteiger partial charge in [0.1, 0.15) is 5.70 Å². The SMILES string of the molecule is CCOC(=O)C1=C(C(=O)OCC)n2c(nc(=O)c(C)c2C)SC1NC1CCCCC1. The fourth-order valence-electron chi connectivity index (χ4n) is 3.85. The molecule has 1 unspecified atom stereocenters. The second-order valence-corrected chi connectivity index (χ2v) is 8.52. The van der Waals surface area contributed by atoms with Gasteiger partial charge in [0.2, 0.25) is 0 Å². The van der Waals surface area contributed by atoms with Crippen LogP contribution >= 0.6 is 11.8 Å². The molecule has 1 atom stereocenters. The van der Waals surface area contributed by atoms with Crippen molar-refractivity contribution in [3.63, 3.8) is 0 Å². The standard InChI is InChI=1S/C21H29N3O5S/c1-5-28-19(26)15-16(20(27)29-6-2)24-13(4)12(3)17(25)23-21(24)30-18(15)22-14-10-8-7-9-11-14/h14,18,22H,5-11H2,1-4H3. The Kier molecular flexibility index (Phi) is 7.36. The van der Waals surface area contributed by atoms with Crippen molar-refractivity contribution in [2.75, 3.05) is 13.2 Å². The smallest absolute Gasteiger partial charge is 0.356 e. The number of nitrogens with zero attached hydrogens (tertiary/aromatic N) is 2. The van der Waals surface area contributed by atoms with Gasteiger partial charge in [0.05, 0.1) is 24.2 Å². The Morgan fingerprint density at radius 1 is 1.10 bits per heavy atom. The number of carbonyl (C=O) groups is 2. The van der Waals surface area contributed by atoms with Crippen molar-refractivity contribution in [1.82, 2.24) is 14.9 Å². The van der Waals surface area contributed by atoms with E-state index in [-0.39, 0.29) is 36.1 Å². The molecule has 0 amide bonds. The van der Waals surface area contributed by atoms with Crippen LogP contribution in [-0.4, -0.2) is 46.1 Å². The number of ether oxygens (including phenoxy) is 2. The van der Waals surface area contributed by atoms with Crippen LogP contribution in [0.5, 0.6) is 0 Å². The molecule has 9 heteroatoms. The molecule has 0 saturated heterocycles. The summed E-state index contributed by atoms with van der Waals surface area (Å²) in [5.74, 6) is -1.20. The van der Waals surface area contributed by atoms with Crippen LogP contribution in [0.15, 0.2) is 15.5 Å². The van der Waals surface area contributed by atoms with E-state index in [9.17, 15) is 14.4 Å². The average molecular weight is 436 g/mol. The normalized spacial score (nSPS) is 19.4. The Morgan fingerprint density at radius 3 is 2.37 bits per heavy atom. The lowest BCUT2D eigenvalue weighted by Crippen LogP contribution is -2.44. The summed E-state index contributed by atoms with van der Waals surface area (Å²) in [5.41, 5.74) is 0.920. The number of hydrogen-bond donors (Lipinski definition) is 1. The van der Waals surface area contributed by atoms with Crippen LogP contribution in [0, 0.1) is 13.8 Å². The van der Waals surface area contributed by atoms with Crippen LogP contribution in [-0.2, 0) is 19.1 Å². The molecule has 0 bridgehead atoms. The quantitative estimate of drug-likeness (QED) is 0.538. The molecular weight excluding hydrogens is 406 g/mol. The zero-order chi connectivity index (χ0) is 21.8. The van der Waals surface area contributed by atoms with Gasteiger partial charge in [-0.1, -0.05) is 31.0 Å². The number of aromatic nitrogens is 2. The van der Waals surface area contributed by atoms with Gasteiger partial charge in [-0.2, -0.15) is 4.98 Å². The monoisotopic (exact) mass is 435 g/mol. The van der Waals surface area contributed by atoms with Crippen molar-refractivity contribution in [2.45, 2.75) is 76.4 Å². The molecule has 1 aliphatic carbocycles. The summed E-state index contributed by atoms with van der Waals surface area (Å²) in [4.78, 5) is 42.6. The highest BCUT2D eigenvalue weighted by Gasteiger charge is 2.39. The third kappa shape index (κ3) is 4.46. The van der Waals surface area contributed by atoms with Gasteiger partial charge in [0.15, 0.2) is 5.16 Å². The highest BCUT2D eigenvalue weighted by Crippen LogP contribution is 2.38. The van der Waals surface area contributed by atoms with E-state index in [2.05, 4.69) is 10.3 Å². The molecule has 2 heterocycles. The third-order valence-electron chi connectivity index (χ3n) is 5.51. The predicted octanol–water partition coefficient (Wildman–Crippen LogP) is 2.55. The number of nitrogens with one attached hydrogen (secondary N) is 1. The van der Waals surface area contributed by atoms with Crippen molar-refractivity contribution in [1.29, 1.82) is 0 Å². The summed E-state index contributed by atoms with van der Waals surface area (Å²) in [6.07, 6.45) is 5.42. The molecular formula is C21H29N3O5S. The lowest BCUT2D eigenvalue weighted by molar-refractivity contribution is -0.140. The minimum absolute atomic E-state index is 0.0745. The van der Waals surface area contributed by atoms with E-state index < -0.39 is 17.3 Å². The van der Waals surface area contributed by atoms with E-state index in [1.807, 2.05) is 0 Å². The summed E-state index contributed by atoms with van der Waals surface area (Å²) in [6.45, 7) is 7.17. The minimum atomic E-state index is -0.634. The second-order valence-electron chi connectivity index (χ2n) is 7.45. The van der Waals surface area contributed by atoms with Crippen LogP contribution in [0.2, 0.25) is 0 Å². The van der Waals surface area contributed by atoms with Crippen LogP contribution in [0.3, 0.4) is 0 Å². The Bertz CT molecular complexity index is 918. The maximum Gasteiger partial charge on any atom is 0.356 e. The van der Waals surface area contributed by atoms with Gasteiger partial charge in [0.25, 0.3) is 5.56 Å². The Balaban J connectivity index is 2.19. The van der Waals surface area contributed by atoms with Crippen LogP contribution < -0.4 is 10.9 Å². The van der Waals surface area contributed by atoms with Crippen LogP contribution in [0.25, 0.3) is 5.70 Å². The first kappa shape index (κ1) is 22.6. The van der Waals surface area contributed by atoms with Gasteiger partial charge in [-0.3, -0.25) is 14.7 Å². The maximum atomic E-state index is 13.0. The molecule has 30 heavy (non-hydrogen) atoms. The molecule has 1 fully saturated rings. The number of fused-ring (bicyclic) bond motifs is 1. The highest BCUT2D eigenvalue weighted by molar-refractivity contribution is 8.00. The van der Waals surface area contributed by atoms with Crippen molar-refractivity contribution in [2.24, 2.45) is 0 Å². The number of esters is 2. The molecule has 1 aromatic rings. The summed E-state index contributed by atoms with van der Waals surface area (Å²) in [5, 5.41) is 3.32. The first-order chi connectivity index (χ1) is 14.4. The Hall–Kier alpha value is -2.13. The Labute approximate surface area is 180 Å². The number of hydrogen-bond acceptors (Lipinski definition) is 8. The molecule has 0 spiro atoms. The highest BCUT2D eigenvalue weighted by atomic mass is 32.2. The topological polar surface area (TPSA) is 99.5 Å². The first-order valence-corrected chi connectivity index (χ1v) is 11.4. The van der Waals surface area contributed by atoms with Crippen molar-refractivity contribution < 1.29 is 19.1 Å². The van der Waals surface area contributed by atoms with Crippen molar-refractivity contribution in [3.8, 4) is 0 Å². The summed E-state index contributed by atoms with van der Waals surface area (Å²) < 4.78 is 12.2. The van der Waals surface area contributed by atoms with E-state index in [0.717, 1.165) is 25.7 Å². The number of thioether (sulfide) groups is 1. The first-order valence-electron chi connectivity index (χ1n) is 10.5. The Morgan fingerprint density at radius 2 is 1.73 bits per heavy atom. The molecule has 1 aliphatic heterocycles. The van der Waals surface area contributed by atoms with E-state index >= 15 is 0 Å². The summed E-state index contributed by atoms with van der Waals surface area (Å²) >= 11 is 1.26. The van der Waals surface area contributed by atoms with Gasteiger partial charge in [-0.05, 0) is 40.5 Å². The van der Waals surface area contributed by atoms with Gasteiger partial charge in [-0.15, -0.1) is 0 Å². The van der Waals surface area contributed by atoms with Gasteiger partial charge in [-0.25, -0.2) is 9.59 Å². The van der Waals surface area contributed by atoms with E-state index in [0.29, 0.717) is 16.4 Å². The fourth-order valence-corrected chi connectivity index (χ4v) is 5.12. The molecule has 1 N–H and O–H groups in total. The van der Waals surface area contributed by atoms with Crippen LogP contribution in [0.4, 0.5) is 0 Å². The third-order valence-corrected chi connectivity index (χ3v) is 6.60. The predicted molar refractivity (Wildman–Crippen MR) is 114 cm³/mol. The zero-order valence-corrected chi connectivity index (χ0v) is 18.8. The van der Waals surface area contributed by atoms with E-state index in [1.54, 1.807) is 32.3 Å². The molecule has 3 rings (SSSR count). The van der Waals surface area contributed by atoms with Crippen molar-refractivity contribution in [3.05, 3.63) is 27.2 Å². The maximum absolute atomic E-state index is 13.0. The van der Waals surface area contributed by atoms with E-state index in [1.165, 1.54) is 18.2 Å².